The van der Waals surface area contributed by atoms with Crippen LogP contribution in [0.4, 0.5) is 0 Å². The Morgan fingerprint density at radius 1 is 1.73 bits per heavy atom. The minimum atomic E-state index is 0.459. The average Bonchev–Trinajstić information content (AvgIpc) is 1.97. The molecule has 0 spiro atoms. The molecule has 0 fully saturated rings. The number of aromatic nitrogens is 1. The maximum Gasteiger partial charge on any atom is 0.124 e. The third-order valence-electron chi connectivity index (χ3n) is 1.23. The van der Waals surface area contributed by atoms with Gasteiger partial charge in [-0.25, -0.2) is 4.98 Å². The summed E-state index contributed by atoms with van der Waals surface area (Å²) in [4.78, 5) is 4.01. The van der Waals surface area contributed by atoms with E-state index in [1.807, 2.05) is 6.07 Å². The molecule has 0 unspecified atom stereocenters. The molecule has 0 aliphatic rings. The van der Waals surface area contributed by atoms with Gasteiger partial charge in [0.25, 0.3) is 0 Å². The van der Waals surface area contributed by atoms with E-state index in [0.29, 0.717) is 15.2 Å². The monoisotopic (exact) mass is 230 g/mol. The lowest BCUT2D eigenvalue weighted by molar-refractivity contribution is 1.15. The van der Waals surface area contributed by atoms with Gasteiger partial charge in [0.1, 0.15) is 10.7 Å². The van der Waals surface area contributed by atoms with Crippen LogP contribution in [-0.4, -0.2) is 4.98 Å². The molecule has 1 rings (SSSR count). The summed E-state index contributed by atoms with van der Waals surface area (Å²) in [5.74, 6) is 0. The molecule has 2 nitrogen and oxygen atoms in total. The zero-order chi connectivity index (χ0) is 8.43. The van der Waals surface area contributed by atoms with Crippen LogP contribution >= 0.6 is 27.5 Å². The van der Waals surface area contributed by atoms with E-state index >= 15 is 0 Å². The molecule has 0 N–H and O–H groups in total. The fraction of sp³-hybridized carbons (Fsp3) is 0.143. The molecule has 0 aromatic carbocycles. The molecule has 0 atom stereocenters. The van der Waals surface area contributed by atoms with E-state index < -0.39 is 0 Å². The first-order chi connectivity index (χ1) is 5.15. The van der Waals surface area contributed by atoms with E-state index in [4.69, 9.17) is 16.9 Å². The molecule has 1 aromatic heterocycles. The Morgan fingerprint density at radius 3 is 2.91 bits per heavy atom. The van der Waals surface area contributed by atoms with Crippen LogP contribution in [-0.2, 0) is 0 Å². The van der Waals surface area contributed by atoms with Crippen molar-refractivity contribution in [2.75, 3.05) is 0 Å². The molecule has 0 radical (unpaired) electrons. The Balaban J connectivity index is 3.35. The van der Waals surface area contributed by atoms with Crippen molar-refractivity contribution in [3.8, 4) is 6.07 Å². The SMILES string of the molecule is Cc1nc(Br)c(C#N)cc1Cl. The van der Waals surface area contributed by atoms with E-state index in [-0.39, 0.29) is 0 Å². The summed E-state index contributed by atoms with van der Waals surface area (Å²) in [7, 11) is 0. The van der Waals surface area contributed by atoms with E-state index in [9.17, 15) is 0 Å². The number of hydrogen-bond donors (Lipinski definition) is 0. The standard InChI is InChI=1S/C7H4BrClN2/c1-4-6(9)2-5(3-10)7(8)11-4/h2H,1H3. The summed E-state index contributed by atoms with van der Waals surface area (Å²) >= 11 is 8.88. The van der Waals surface area contributed by atoms with Gasteiger partial charge in [0.05, 0.1) is 16.3 Å². The van der Waals surface area contributed by atoms with E-state index in [1.54, 1.807) is 13.0 Å². The first kappa shape index (κ1) is 8.51. The molecule has 0 bridgehead atoms. The minimum Gasteiger partial charge on any atom is -0.243 e. The second kappa shape index (κ2) is 3.21. The van der Waals surface area contributed by atoms with E-state index in [1.165, 1.54) is 0 Å². The molecule has 1 aromatic rings. The smallest absolute Gasteiger partial charge is 0.124 e. The van der Waals surface area contributed by atoms with E-state index in [2.05, 4.69) is 20.9 Å². The Kier molecular flexibility index (Phi) is 2.48. The number of pyridine rings is 1. The zero-order valence-corrected chi connectivity index (χ0v) is 8.07. The van der Waals surface area contributed by atoms with Crippen LogP contribution in [0.1, 0.15) is 11.3 Å². The quantitative estimate of drug-likeness (QED) is 0.644. The van der Waals surface area contributed by atoms with Crippen molar-refractivity contribution in [3.63, 3.8) is 0 Å². The number of nitrogens with zero attached hydrogens (tertiary/aromatic N) is 2. The van der Waals surface area contributed by atoms with Crippen LogP contribution < -0.4 is 0 Å². The number of hydrogen-bond acceptors (Lipinski definition) is 2. The molecule has 0 saturated carbocycles. The highest BCUT2D eigenvalue weighted by atomic mass is 79.9. The van der Waals surface area contributed by atoms with Crippen molar-refractivity contribution in [2.45, 2.75) is 6.92 Å². The highest BCUT2D eigenvalue weighted by Gasteiger charge is 2.03. The average molecular weight is 231 g/mol. The predicted octanol–water partition coefficient (Wildman–Crippen LogP) is 2.68. The van der Waals surface area contributed by atoms with Crippen LogP contribution in [0.25, 0.3) is 0 Å². The van der Waals surface area contributed by atoms with Gasteiger partial charge in [0, 0.05) is 0 Å². The van der Waals surface area contributed by atoms with Gasteiger partial charge >= 0.3 is 0 Å². The Morgan fingerprint density at radius 2 is 2.36 bits per heavy atom. The number of aryl methyl sites for hydroxylation is 1. The van der Waals surface area contributed by atoms with Crippen molar-refractivity contribution < 1.29 is 0 Å². The van der Waals surface area contributed by atoms with Gasteiger partial charge in [-0.3, -0.25) is 0 Å². The first-order valence-electron chi connectivity index (χ1n) is 2.88. The summed E-state index contributed by atoms with van der Waals surface area (Å²) in [5, 5.41) is 9.07. The number of rotatable bonds is 0. The summed E-state index contributed by atoms with van der Waals surface area (Å²) in [6.07, 6.45) is 0. The molecule has 11 heavy (non-hydrogen) atoms. The highest BCUT2D eigenvalue weighted by Crippen LogP contribution is 2.20. The Labute approximate surface area is 77.9 Å². The fourth-order valence-corrected chi connectivity index (χ4v) is 1.25. The lowest BCUT2D eigenvalue weighted by atomic mass is 10.3. The fourth-order valence-electron chi connectivity index (χ4n) is 0.630. The second-order valence-electron chi connectivity index (χ2n) is 2.01. The van der Waals surface area contributed by atoms with Gasteiger partial charge < -0.3 is 0 Å². The molecule has 0 amide bonds. The lowest BCUT2D eigenvalue weighted by Crippen LogP contribution is -1.87. The molecule has 4 heteroatoms. The third-order valence-corrected chi connectivity index (χ3v) is 2.21. The summed E-state index contributed by atoms with van der Waals surface area (Å²) in [6, 6.07) is 3.56. The van der Waals surface area contributed by atoms with Gasteiger partial charge in [0.2, 0.25) is 0 Å². The molecule has 0 saturated heterocycles. The summed E-state index contributed by atoms with van der Waals surface area (Å²) in [5.41, 5.74) is 1.18. The number of nitriles is 1. The number of halogens is 2. The summed E-state index contributed by atoms with van der Waals surface area (Å²) < 4.78 is 0.543. The third kappa shape index (κ3) is 1.70. The van der Waals surface area contributed by atoms with Gasteiger partial charge in [-0.05, 0) is 28.9 Å². The lowest BCUT2D eigenvalue weighted by Gasteiger charge is -1.98. The second-order valence-corrected chi connectivity index (χ2v) is 3.16. The van der Waals surface area contributed by atoms with Crippen LogP contribution in [0.3, 0.4) is 0 Å². The molecular weight excluding hydrogens is 227 g/mol. The highest BCUT2D eigenvalue weighted by molar-refractivity contribution is 9.10. The van der Waals surface area contributed by atoms with Crippen LogP contribution in [0, 0.1) is 18.3 Å². The van der Waals surface area contributed by atoms with E-state index in [0.717, 1.165) is 5.69 Å². The first-order valence-corrected chi connectivity index (χ1v) is 4.05. The van der Waals surface area contributed by atoms with Gasteiger partial charge in [-0.15, -0.1) is 0 Å². The molecule has 1 heterocycles. The van der Waals surface area contributed by atoms with Gasteiger partial charge in [-0.1, -0.05) is 11.6 Å². The maximum absolute atomic E-state index is 8.56. The van der Waals surface area contributed by atoms with Crippen LogP contribution in [0.5, 0.6) is 0 Å². The Hall–Kier alpha value is -0.590. The molecule has 0 aliphatic heterocycles. The largest absolute Gasteiger partial charge is 0.243 e. The van der Waals surface area contributed by atoms with Crippen molar-refractivity contribution in [2.24, 2.45) is 0 Å². The van der Waals surface area contributed by atoms with Gasteiger partial charge in [-0.2, -0.15) is 5.26 Å². The zero-order valence-electron chi connectivity index (χ0n) is 5.73. The van der Waals surface area contributed by atoms with Crippen molar-refractivity contribution in [3.05, 3.63) is 26.9 Å². The van der Waals surface area contributed by atoms with Crippen molar-refractivity contribution in [1.29, 1.82) is 5.26 Å². The van der Waals surface area contributed by atoms with Crippen LogP contribution in [0.15, 0.2) is 10.7 Å². The molecular formula is C7H4BrClN2. The normalized spacial score (nSPS) is 9.27. The van der Waals surface area contributed by atoms with Crippen molar-refractivity contribution in [1.82, 2.24) is 4.98 Å². The Bertz CT molecular complexity index is 330. The maximum atomic E-state index is 8.56. The molecule has 56 valence electrons. The minimum absolute atomic E-state index is 0.459. The predicted molar refractivity (Wildman–Crippen MR) is 46.4 cm³/mol. The summed E-state index contributed by atoms with van der Waals surface area (Å²) in [6.45, 7) is 1.79. The van der Waals surface area contributed by atoms with Gasteiger partial charge in [0.15, 0.2) is 0 Å². The topological polar surface area (TPSA) is 36.7 Å². The van der Waals surface area contributed by atoms with Crippen molar-refractivity contribution >= 4 is 27.5 Å². The molecule has 0 aliphatic carbocycles. The van der Waals surface area contributed by atoms with Crippen LogP contribution in [0.2, 0.25) is 5.02 Å².